The number of benzene rings is 2. The molecule has 3 saturated carbocycles. The average molecular weight is 540 g/mol. The summed E-state index contributed by atoms with van der Waals surface area (Å²) in [7, 11) is -3.35. The molecule has 1 heterocycles. The van der Waals surface area contributed by atoms with Crippen LogP contribution in [0.15, 0.2) is 48.5 Å². The van der Waals surface area contributed by atoms with Crippen LogP contribution in [-0.2, 0) is 19.7 Å². The zero-order valence-corrected chi connectivity index (χ0v) is 22.1. The standard InChI is InChI=1S/C28H33N3O6S/c32-26(29-15-17-30(18-16-29)27(33)28(37-34)13-14-28)21-9-7-20(8-10-21)22-3-1-6-24(19-22)31(23-4-2-5-23)38(35,36)25-11-12-25/h1,3,6-10,19,23,25,34H,2,4-5,11-18H2. The molecule has 4 fully saturated rings. The molecule has 1 aliphatic heterocycles. The van der Waals surface area contributed by atoms with Crippen molar-refractivity contribution in [1.29, 1.82) is 0 Å². The summed E-state index contributed by atoms with van der Waals surface area (Å²) in [5, 5.41) is 8.80. The Kier molecular flexibility index (Phi) is 6.44. The molecular formula is C28H33N3O6S. The minimum atomic E-state index is -3.35. The topological polar surface area (TPSA) is 107 Å². The van der Waals surface area contributed by atoms with E-state index in [4.69, 9.17) is 5.26 Å². The van der Waals surface area contributed by atoms with Crippen molar-refractivity contribution in [2.24, 2.45) is 0 Å². The highest BCUT2D eigenvalue weighted by Crippen LogP contribution is 2.41. The van der Waals surface area contributed by atoms with Crippen LogP contribution in [0.1, 0.15) is 55.3 Å². The monoisotopic (exact) mass is 539 g/mol. The van der Waals surface area contributed by atoms with Crippen LogP contribution in [0.3, 0.4) is 0 Å². The first-order valence-corrected chi connectivity index (χ1v) is 15.0. The third-order valence-corrected chi connectivity index (χ3v) is 10.7. The second-order valence-corrected chi connectivity index (χ2v) is 13.0. The largest absolute Gasteiger partial charge is 0.337 e. The van der Waals surface area contributed by atoms with Gasteiger partial charge in [0.1, 0.15) is 0 Å². The van der Waals surface area contributed by atoms with Gasteiger partial charge in [0.25, 0.3) is 11.8 Å². The summed E-state index contributed by atoms with van der Waals surface area (Å²) in [6.07, 6.45) is 5.36. The summed E-state index contributed by atoms with van der Waals surface area (Å²) in [5.74, 6) is -0.303. The lowest BCUT2D eigenvalue weighted by Crippen LogP contribution is -2.53. The molecule has 0 atom stereocenters. The average Bonchev–Trinajstić information content (AvgIpc) is 3.84. The number of piperazine rings is 1. The highest BCUT2D eigenvalue weighted by molar-refractivity contribution is 7.93. The Labute approximate surface area is 223 Å². The quantitative estimate of drug-likeness (QED) is 0.406. The van der Waals surface area contributed by atoms with Crippen molar-refractivity contribution < 1.29 is 28.2 Å². The van der Waals surface area contributed by atoms with Gasteiger partial charge in [-0.2, -0.15) is 0 Å². The highest BCUT2D eigenvalue weighted by Gasteiger charge is 2.54. The van der Waals surface area contributed by atoms with Gasteiger partial charge in [-0.1, -0.05) is 24.3 Å². The first kappa shape index (κ1) is 25.3. The molecule has 0 aromatic heterocycles. The maximum Gasteiger partial charge on any atom is 0.258 e. The number of rotatable bonds is 8. The fourth-order valence-electron chi connectivity index (χ4n) is 5.38. The second kappa shape index (κ2) is 9.66. The molecule has 1 saturated heterocycles. The fourth-order valence-corrected chi connectivity index (χ4v) is 7.47. The highest BCUT2D eigenvalue weighted by atomic mass is 32.2. The van der Waals surface area contributed by atoms with Crippen molar-refractivity contribution in [3.8, 4) is 11.1 Å². The third-order valence-electron chi connectivity index (χ3n) is 8.31. The van der Waals surface area contributed by atoms with Crippen LogP contribution in [0.5, 0.6) is 0 Å². The summed E-state index contributed by atoms with van der Waals surface area (Å²) in [6.45, 7) is 1.65. The van der Waals surface area contributed by atoms with Crippen molar-refractivity contribution >= 4 is 27.5 Å². The molecule has 2 aromatic rings. The van der Waals surface area contributed by atoms with E-state index in [9.17, 15) is 18.0 Å². The molecule has 10 heteroatoms. The Morgan fingerprint density at radius 1 is 0.895 bits per heavy atom. The number of carbonyl (C=O) groups excluding carboxylic acids is 2. The van der Waals surface area contributed by atoms with Gasteiger partial charge >= 0.3 is 0 Å². The normalized spacial score (nSPS) is 21.1. The molecule has 1 N–H and O–H groups in total. The van der Waals surface area contributed by atoms with Gasteiger partial charge in [0, 0.05) is 37.8 Å². The molecule has 38 heavy (non-hydrogen) atoms. The minimum Gasteiger partial charge on any atom is -0.337 e. The van der Waals surface area contributed by atoms with E-state index in [-0.39, 0.29) is 23.1 Å². The Balaban J connectivity index is 1.14. The third kappa shape index (κ3) is 4.58. The number of carbonyl (C=O) groups is 2. The second-order valence-electron chi connectivity index (χ2n) is 10.9. The van der Waals surface area contributed by atoms with E-state index in [2.05, 4.69) is 4.89 Å². The van der Waals surface area contributed by atoms with Crippen LogP contribution in [0.4, 0.5) is 5.69 Å². The molecule has 6 rings (SSSR count). The van der Waals surface area contributed by atoms with Gasteiger partial charge in [-0.05, 0) is 80.3 Å². The Hall–Kier alpha value is -2.95. The van der Waals surface area contributed by atoms with E-state index in [0.717, 1.165) is 43.2 Å². The molecule has 0 spiro atoms. The van der Waals surface area contributed by atoms with Crippen LogP contribution in [0.2, 0.25) is 0 Å². The Bertz CT molecular complexity index is 1320. The summed E-state index contributed by atoms with van der Waals surface area (Å²) in [4.78, 5) is 33.5. The van der Waals surface area contributed by atoms with Crippen LogP contribution in [-0.4, -0.2) is 78.4 Å². The van der Waals surface area contributed by atoms with Crippen LogP contribution in [0, 0.1) is 0 Å². The van der Waals surface area contributed by atoms with Crippen molar-refractivity contribution in [2.45, 2.75) is 61.8 Å². The predicted octanol–water partition coefficient (Wildman–Crippen LogP) is 3.51. The van der Waals surface area contributed by atoms with E-state index < -0.39 is 15.6 Å². The number of sulfonamides is 1. The molecule has 0 bridgehead atoms. The number of hydrogen-bond acceptors (Lipinski definition) is 6. The van der Waals surface area contributed by atoms with Crippen molar-refractivity contribution in [3.63, 3.8) is 0 Å². The van der Waals surface area contributed by atoms with E-state index in [1.165, 1.54) is 0 Å². The molecule has 0 unspecified atom stereocenters. The van der Waals surface area contributed by atoms with Crippen LogP contribution in [0.25, 0.3) is 11.1 Å². The molecule has 4 aliphatic rings. The van der Waals surface area contributed by atoms with Gasteiger partial charge < -0.3 is 9.80 Å². The zero-order valence-electron chi connectivity index (χ0n) is 21.3. The number of anilines is 1. The van der Waals surface area contributed by atoms with Crippen LogP contribution >= 0.6 is 0 Å². The van der Waals surface area contributed by atoms with Gasteiger partial charge in [-0.25, -0.2) is 13.3 Å². The van der Waals surface area contributed by atoms with E-state index in [1.54, 1.807) is 26.2 Å². The lowest BCUT2D eigenvalue weighted by Gasteiger charge is -2.38. The predicted molar refractivity (Wildman–Crippen MR) is 142 cm³/mol. The first-order chi connectivity index (χ1) is 18.3. The van der Waals surface area contributed by atoms with E-state index in [0.29, 0.717) is 50.3 Å². The Morgan fingerprint density at radius 2 is 1.55 bits per heavy atom. The maximum atomic E-state index is 13.2. The zero-order chi connectivity index (χ0) is 26.5. The lowest BCUT2D eigenvalue weighted by atomic mass is 9.92. The van der Waals surface area contributed by atoms with Gasteiger partial charge in [-0.15, -0.1) is 0 Å². The summed E-state index contributed by atoms with van der Waals surface area (Å²) >= 11 is 0. The maximum absolute atomic E-state index is 13.2. The van der Waals surface area contributed by atoms with Gasteiger partial charge in [0.2, 0.25) is 10.0 Å². The van der Waals surface area contributed by atoms with Crippen molar-refractivity contribution in [3.05, 3.63) is 54.1 Å². The molecule has 9 nitrogen and oxygen atoms in total. The number of hydrogen-bond donors (Lipinski definition) is 1. The molecular weight excluding hydrogens is 506 g/mol. The summed E-state index contributed by atoms with van der Waals surface area (Å²) in [6, 6.07) is 15.1. The summed E-state index contributed by atoms with van der Waals surface area (Å²) in [5.41, 5.74) is 2.02. The van der Waals surface area contributed by atoms with Gasteiger partial charge in [0.15, 0.2) is 5.60 Å². The molecule has 2 aromatic carbocycles. The van der Waals surface area contributed by atoms with E-state index in [1.807, 2.05) is 36.4 Å². The minimum absolute atomic E-state index is 0.0394. The number of nitrogens with zero attached hydrogens (tertiary/aromatic N) is 3. The lowest BCUT2D eigenvalue weighted by molar-refractivity contribution is -0.285. The number of amides is 2. The van der Waals surface area contributed by atoms with Crippen LogP contribution < -0.4 is 4.31 Å². The van der Waals surface area contributed by atoms with Gasteiger partial charge in [0.05, 0.1) is 10.9 Å². The summed E-state index contributed by atoms with van der Waals surface area (Å²) < 4.78 is 28.1. The first-order valence-electron chi connectivity index (χ1n) is 13.5. The Morgan fingerprint density at radius 3 is 2.11 bits per heavy atom. The van der Waals surface area contributed by atoms with Crippen molar-refractivity contribution in [1.82, 2.24) is 9.80 Å². The van der Waals surface area contributed by atoms with Crippen molar-refractivity contribution in [2.75, 3.05) is 30.5 Å². The molecule has 0 radical (unpaired) electrons. The molecule has 2 amide bonds. The molecule has 3 aliphatic carbocycles. The van der Waals surface area contributed by atoms with E-state index >= 15 is 0 Å². The SMILES string of the molecule is O=C(c1ccc(-c2cccc(N(C3CCC3)S(=O)(=O)C3CC3)c2)cc1)N1CCN(C(=O)C2(OO)CC2)CC1. The van der Waals surface area contributed by atoms with Gasteiger partial charge in [-0.3, -0.25) is 19.2 Å². The fraction of sp³-hybridized carbons (Fsp3) is 0.500. The smallest absolute Gasteiger partial charge is 0.258 e. The molecule has 202 valence electrons.